The minimum absolute atomic E-state index is 0.0302. The summed E-state index contributed by atoms with van der Waals surface area (Å²) < 4.78 is 29.0. The average Bonchev–Trinajstić information content (AvgIpc) is 3.35. The number of imidazole rings is 1. The van der Waals surface area contributed by atoms with Crippen LogP contribution < -0.4 is 0 Å². The number of carbonyl (C=O) groups excluding carboxylic acids is 1. The Bertz CT molecular complexity index is 1260. The van der Waals surface area contributed by atoms with Gasteiger partial charge in [0.2, 0.25) is 4.96 Å². The Balaban J connectivity index is 1.41. The molecule has 1 saturated heterocycles. The van der Waals surface area contributed by atoms with Crippen molar-refractivity contribution >= 4 is 22.2 Å². The highest BCUT2D eigenvalue weighted by Crippen LogP contribution is 2.30. The molecule has 1 fully saturated rings. The van der Waals surface area contributed by atoms with Crippen LogP contribution in [0.25, 0.3) is 26.8 Å². The minimum Gasteiger partial charge on any atom is -0.336 e. The summed E-state index contributed by atoms with van der Waals surface area (Å²) in [5.41, 5.74) is 2.18. The minimum atomic E-state index is -0.664. The van der Waals surface area contributed by atoms with Crippen LogP contribution in [0, 0.1) is 11.6 Å². The van der Waals surface area contributed by atoms with Gasteiger partial charge in [0.25, 0.3) is 5.91 Å². The molecule has 3 heterocycles. The fraction of sp³-hybridized carbons (Fsp3) is 0.227. The van der Waals surface area contributed by atoms with E-state index in [0.717, 1.165) is 37.8 Å². The number of rotatable bonds is 3. The number of amides is 1. The van der Waals surface area contributed by atoms with Crippen LogP contribution in [-0.2, 0) is 0 Å². The molecule has 4 aromatic rings. The quantitative estimate of drug-likeness (QED) is 0.488. The first kappa shape index (κ1) is 19.8. The lowest BCUT2D eigenvalue weighted by Crippen LogP contribution is -2.47. The van der Waals surface area contributed by atoms with E-state index in [0.29, 0.717) is 21.2 Å². The molecule has 31 heavy (non-hydrogen) atoms. The van der Waals surface area contributed by atoms with Crippen molar-refractivity contribution in [2.24, 2.45) is 0 Å². The molecular formula is C22H19F2N5OS. The summed E-state index contributed by atoms with van der Waals surface area (Å²) in [6.07, 6.45) is 1.52. The lowest BCUT2D eigenvalue weighted by Gasteiger charge is -2.32. The molecule has 158 valence electrons. The van der Waals surface area contributed by atoms with E-state index in [-0.39, 0.29) is 11.5 Å². The highest BCUT2D eigenvalue weighted by atomic mass is 32.1. The van der Waals surface area contributed by atoms with Gasteiger partial charge in [-0.05, 0) is 31.3 Å². The van der Waals surface area contributed by atoms with E-state index >= 15 is 0 Å². The third kappa shape index (κ3) is 3.70. The smallest absolute Gasteiger partial charge is 0.253 e. The highest BCUT2D eigenvalue weighted by Gasteiger charge is 2.21. The molecule has 9 heteroatoms. The average molecular weight is 439 g/mol. The number of carbonyl (C=O) groups is 1. The van der Waals surface area contributed by atoms with Crippen molar-refractivity contribution in [3.05, 3.63) is 65.9 Å². The summed E-state index contributed by atoms with van der Waals surface area (Å²) in [4.78, 5) is 21.7. The molecule has 1 amide bonds. The van der Waals surface area contributed by atoms with Gasteiger partial charge in [-0.1, -0.05) is 23.5 Å². The zero-order valence-electron chi connectivity index (χ0n) is 16.8. The summed E-state index contributed by atoms with van der Waals surface area (Å²) in [7, 11) is 2.05. The molecule has 1 aliphatic heterocycles. The lowest BCUT2D eigenvalue weighted by atomic mass is 10.1. The van der Waals surface area contributed by atoms with Crippen molar-refractivity contribution in [1.29, 1.82) is 0 Å². The molecule has 0 atom stereocenters. The fourth-order valence-electron chi connectivity index (χ4n) is 3.64. The molecular weight excluding hydrogens is 420 g/mol. The van der Waals surface area contributed by atoms with Crippen LogP contribution in [0.1, 0.15) is 10.4 Å². The predicted octanol–water partition coefficient (Wildman–Crippen LogP) is 3.79. The molecule has 0 radical (unpaired) electrons. The third-order valence-corrected chi connectivity index (χ3v) is 6.43. The number of aromatic nitrogens is 3. The SMILES string of the molecule is CN1CCN(C(=O)c2ccc(-c3nn4c(-c5ccc(F)cc5F)cnc4s3)cc2)CC1. The van der Waals surface area contributed by atoms with Crippen molar-refractivity contribution in [2.45, 2.75) is 0 Å². The van der Waals surface area contributed by atoms with Crippen molar-refractivity contribution in [3.63, 3.8) is 0 Å². The van der Waals surface area contributed by atoms with Crippen LogP contribution in [0.5, 0.6) is 0 Å². The maximum atomic E-state index is 14.2. The van der Waals surface area contributed by atoms with Gasteiger partial charge in [0.1, 0.15) is 16.6 Å². The summed E-state index contributed by atoms with van der Waals surface area (Å²) in [5.74, 6) is -1.27. The molecule has 2 aromatic heterocycles. The molecule has 1 aliphatic rings. The van der Waals surface area contributed by atoms with Gasteiger partial charge >= 0.3 is 0 Å². The molecule has 0 saturated carbocycles. The standard InChI is InChI=1S/C22H19F2N5OS/c1-27-8-10-28(11-9-27)21(30)15-4-2-14(3-5-15)20-26-29-19(13-25-22(29)31-20)17-7-6-16(23)12-18(17)24/h2-7,12-13H,8-11H2,1H3. The molecule has 5 rings (SSSR count). The van der Waals surface area contributed by atoms with Crippen LogP contribution in [0.3, 0.4) is 0 Å². The number of nitrogens with zero attached hydrogens (tertiary/aromatic N) is 5. The maximum absolute atomic E-state index is 14.2. The Morgan fingerprint density at radius 3 is 2.48 bits per heavy atom. The normalized spacial score (nSPS) is 15.0. The lowest BCUT2D eigenvalue weighted by molar-refractivity contribution is 0.0664. The second-order valence-electron chi connectivity index (χ2n) is 7.54. The monoisotopic (exact) mass is 439 g/mol. The third-order valence-electron chi connectivity index (χ3n) is 5.46. The van der Waals surface area contributed by atoms with Gasteiger partial charge in [-0.15, -0.1) is 0 Å². The Morgan fingerprint density at radius 2 is 1.77 bits per heavy atom. The zero-order chi connectivity index (χ0) is 21.5. The summed E-state index contributed by atoms with van der Waals surface area (Å²) in [6.45, 7) is 3.20. The van der Waals surface area contributed by atoms with Crippen LogP contribution in [-0.4, -0.2) is 63.5 Å². The van der Waals surface area contributed by atoms with Crippen LogP contribution in [0.2, 0.25) is 0 Å². The Hall–Kier alpha value is -3.17. The number of piperazine rings is 1. The second-order valence-corrected chi connectivity index (χ2v) is 8.50. The Morgan fingerprint density at radius 1 is 1.03 bits per heavy atom. The van der Waals surface area contributed by atoms with E-state index in [4.69, 9.17) is 0 Å². The number of benzene rings is 2. The topological polar surface area (TPSA) is 53.7 Å². The number of hydrogen-bond acceptors (Lipinski definition) is 5. The number of hydrogen-bond donors (Lipinski definition) is 0. The summed E-state index contributed by atoms with van der Waals surface area (Å²) >= 11 is 1.36. The number of fused-ring (bicyclic) bond motifs is 1. The van der Waals surface area contributed by atoms with Gasteiger partial charge in [0, 0.05) is 48.9 Å². The summed E-state index contributed by atoms with van der Waals surface area (Å²) in [5, 5.41) is 5.27. The second kappa shape index (κ2) is 7.82. The Labute approximate surface area is 181 Å². The van der Waals surface area contributed by atoms with E-state index in [9.17, 15) is 13.6 Å². The van der Waals surface area contributed by atoms with Gasteiger partial charge in [-0.3, -0.25) is 4.79 Å². The number of likely N-dealkylation sites (N-methyl/N-ethyl adjacent to an activating group) is 1. The van der Waals surface area contributed by atoms with Gasteiger partial charge in [-0.2, -0.15) is 5.10 Å². The van der Waals surface area contributed by atoms with E-state index < -0.39 is 11.6 Å². The first-order valence-corrected chi connectivity index (χ1v) is 10.7. The van der Waals surface area contributed by atoms with Crippen molar-refractivity contribution in [2.75, 3.05) is 33.2 Å². The van der Waals surface area contributed by atoms with E-state index in [1.807, 2.05) is 17.0 Å². The first-order valence-electron chi connectivity index (χ1n) is 9.88. The van der Waals surface area contributed by atoms with Gasteiger partial charge in [-0.25, -0.2) is 18.3 Å². The largest absolute Gasteiger partial charge is 0.336 e. The summed E-state index contributed by atoms with van der Waals surface area (Å²) in [6, 6.07) is 10.8. The van der Waals surface area contributed by atoms with Crippen molar-refractivity contribution in [3.8, 4) is 21.8 Å². The van der Waals surface area contributed by atoms with Gasteiger partial charge < -0.3 is 9.80 Å². The van der Waals surface area contributed by atoms with Crippen molar-refractivity contribution in [1.82, 2.24) is 24.4 Å². The highest BCUT2D eigenvalue weighted by molar-refractivity contribution is 7.19. The zero-order valence-corrected chi connectivity index (χ0v) is 17.6. The molecule has 6 nitrogen and oxygen atoms in total. The van der Waals surface area contributed by atoms with Crippen LogP contribution in [0.15, 0.2) is 48.7 Å². The Kier molecular flexibility index (Phi) is 4.99. The number of halogens is 2. The van der Waals surface area contributed by atoms with E-state index in [1.54, 1.807) is 16.6 Å². The van der Waals surface area contributed by atoms with Crippen LogP contribution >= 0.6 is 11.3 Å². The molecule has 2 aromatic carbocycles. The molecule has 0 N–H and O–H groups in total. The van der Waals surface area contributed by atoms with Gasteiger partial charge in [0.15, 0.2) is 0 Å². The van der Waals surface area contributed by atoms with E-state index in [2.05, 4.69) is 22.0 Å². The van der Waals surface area contributed by atoms with E-state index in [1.165, 1.54) is 29.7 Å². The molecule has 0 aliphatic carbocycles. The molecule has 0 bridgehead atoms. The molecule has 0 unspecified atom stereocenters. The predicted molar refractivity (Wildman–Crippen MR) is 115 cm³/mol. The van der Waals surface area contributed by atoms with Crippen molar-refractivity contribution < 1.29 is 13.6 Å². The van der Waals surface area contributed by atoms with Crippen LogP contribution in [0.4, 0.5) is 8.78 Å². The fourth-order valence-corrected chi connectivity index (χ4v) is 4.52. The molecule has 0 spiro atoms. The first-order chi connectivity index (χ1) is 15.0. The maximum Gasteiger partial charge on any atom is 0.253 e. The van der Waals surface area contributed by atoms with Gasteiger partial charge in [0.05, 0.1) is 11.9 Å².